The van der Waals surface area contributed by atoms with Gasteiger partial charge in [-0.3, -0.25) is 19.1 Å². The minimum Gasteiger partial charge on any atom is -0.394 e. The number of hydrogen-bond acceptors (Lipinski definition) is 7. The molecule has 10 nitrogen and oxygen atoms in total. The molecule has 0 radical (unpaired) electrons. The first-order valence-corrected chi connectivity index (χ1v) is 7.42. The standard InChI is InChI=1S/C14H20N4O6/c15-3-4-16-11(21)2-1-8-6-18(14(23)17-13(8)22)12-5-9(20)10(7-19)24-12/h1-2,6,9-10,12,19-20H,3-5,7,15H2,(H,16,21)(H,17,22,23)/b2-1+. The maximum atomic E-state index is 11.9. The quantitative estimate of drug-likeness (QED) is 0.351. The van der Waals surface area contributed by atoms with Crippen molar-refractivity contribution in [1.82, 2.24) is 14.9 Å². The molecule has 1 aliphatic heterocycles. The topological polar surface area (TPSA) is 160 Å². The highest BCUT2D eigenvalue weighted by molar-refractivity contribution is 5.91. The zero-order chi connectivity index (χ0) is 17.7. The van der Waals surface area contributed by atoms with Crippen LogP contribution in [0.4, 0.5) is 0 Å². The smallest absolute Gasteiger partial charge is 0.330 e. The summed E-state index contributed by atoms with van der Waals surface area (Å²) in [4.78, 5) is 37.4. The van der Waals surface area contributed by atoms with E-state index in [0.717, 1.165) is 10.6 Å². The number of nitrogens with one attached hydrogen (secondary N) is 2. The van der Waals surface area contributed by atoms with E-state index in [2.05, 4.69) is 10.3 Å². The molecule has 0 spiro atoms. The van der Waals surface area contributed by atoms with E-state index in [1.807, 2.05) is 0 Å². The van der Waals surface area contributed by atoms with E-state index in [1.165, 1.54) is 12.3 Å². The molecule has 2 rings (SSSR count). The number of H-pyrrole nitrogens is 1. The van der Waals surface area contributed by atoms with Gasteiger partial charge in [0.15, 0.2) is 0 Å². The summed E-state index contributed by atoms with van der Waals surface area (Å²) >= 11 is 0. The van der Waals surface area contributed by atoms with Crippen LogP contribution in [0.1, 0.15) is 18.2 Å². The number of aromatic nitrogens is 2. The predicted octanol–water partition coefficient (Wildman–Crippen LogP) is -2.73. The van der Waals surface area contributed by atoms with E-state index < -0.39 is 35.6 Å². The number of nitrogens with two attached hydrogens (primary N) is 1. The zero-order valence-electron chi connectivity index (χ0n) is 12.8. The summed E-state index contributed by atoms with van der Waals surface area (Å²) in [6, 6.07) is 0. The maximum absolute atomic E-state index is 11.9. The molecule has 0 saturated carbocycles. The highest BCUT2D eigenvalue weighted by Gasteiger charge is 2.35. The molecule has 1 fully saturated rings. The molecule has 0 aliphatic carbocycles. The van der Waals surface area contributed by atoms with Crippen LogP contribution in [0.15, 0.2) is 21.9 Å². The van der Waals surface area contributed by atoms with Gasteiger partial charge in [0.1, 0.15) is 12.3 Å². The Labute approximate surface area is 136 Å². The van der Waals surface area contributed by atoms with E-state index in [0.29, 0.717) is 13.1 Å². The summed E-state index contributed by atoms with van der Waals surface area (Å²) in [5, 5.41) is 21.3. The van der Waals surface area contributed by atoms with Crippen LogP contribution in [0.2, 0.25) is 0 Å². The van der Waals surface area contributed by atoms with Crippen LogP contribution in [0, 0.1) is 0 Å². The third kappa shape index (κ3) is 4.17. The number of hydrogen-bond donors (Lipinski definition) is 5. The first kappa shape index (κ1) is 18.1. The SMILES string of the molecule is NCCNC(=O)/C=C/c1cn(C2CC(O)C(CO)O2)c(=O)[nH]c1=O. The van der Waals surface area contributed by atoms with E-state index >= 15 is 0 Å². The van der Waals surface area contributed by atoms with Crippen molar-refractivity contribution < 1.29 is 19.7 Å². The second kappa shape index (κ2) is 8.02. The van der Waals surface area contributed by atoms with Gasteiger partial charge < -0.3 is 26.0 Å². The number of carbonyl (C=O) groups excluding carboxylic acids is 1. The van der Waals surface area contributed by atoms with Gasteiger partial charge in [-0.25, -0.2) is 4.79 Å². The van der Waals surface area contributed by atoms with Crippen molar-refractivity contribution in [3.8, 4) is 0 Å². The minimum absolute atomic E-state index is 0.0723. The number of rotatable bonds is 6. The number of carbonyl (C=O) groups is 1. The summed E-state index contributed by atoms with van der Waals surface area (Å²) in [5.74, 6) is -0.425. The molecule has 1 amide bonds. The Morgan fingerprint density at radius 1 is 1.54 bits per heavy atom. The Kier molecular flexibility index (Phi) is 6.04. The Morgan fingerprint density at radius 2 is 2.29 bits per heavy atom. The van der Waals surface area contributed by atoms with Gasteiger partial charge in [0.25, 0.3) is 5.56 Å². The number of amides is 1. The van der Waals surface area contributed by atoms with Gasteiger partial charge >= 0.3 is 5.69 Å². The van der Waals surface area contributed by atoms with Crippen molar-refractivity contribution in [3.05, 3.63) is 38.7 Å². The molecule has 0 aromatic carbocycles. The fourth-order valence-electron chi connectivity index (χ4n) is 2.30. The number of nitrogens with zero attached hydrogens (tertiary/aromatic N) is 1. The highest BCUT2D eigenvalue weighted by Crippen LogP contribution is 2.27. The average molecular weight is 340 g/mol. The van der Waals surface area contributed by atoms with Crippen molar-refractivity contribution in [3.63, 3.8) is 0 Å². The molecule has 2 heterocycles. The molecule has 3 atom stereocenters. The Morgan fingerprint density at radius 3 is 2.92 bits per heavy atom. The van der Waals surface area contributed by atoms with Crippen molar-refractivity contribution in [1.29, 1.82) is 0 Å². The molecule has 0 bridgehead atoms. The highest BCUT2D eigenvalue weighted by atomic mass is 16.5. The first-order chi connectivity index (χ1) is 11.5. The Bertz CT molecular complexity index is 725. The fourth-order valence-corrected chi connectivity index (χ4v) is 2.30. The van der Waals surface area contributed by atoms with Gasteiger partial charge in [0.2, 0.25) is 5.91 Å². The maximum Gasteiger partial charge on any atom is 0.330 e. The third-order valence-electron chi connectivity index (χ3n) is 3.55. The summed E-state index contributed by atoms with van der Waals surface area (Å²) in [6.07, 6.45) is 1.21. The molecule has 24 heavy (non-hydrogen) atoms. The van der Waals surface area contributed by atoms with Crippen LogP contribution in [-0.4, -0.2) is 57.6 Å². The van der Waals surface area contributed by atoms with Crippen LogP contribution < -0.4 is 22.3 Å². The Balaban J connectivity index is 2.23. The first-order valence-electron chi connectivity index (χ1n) is 7.42. The van der Waals surface area contributed by atoms with E-state index in [-0.39, 0.29) is 18.6 Å². The van der Waals surface area contributed by atoms with Gasteiger partial charge in [-0.15, -0.1) is 0 Å². The molecule has 132 valence electrons. The lowest BCUT2D eigenvalue weighted by Crippen LogP contribution is -2.33. The van der Waals surface area contributed by atoms with Crippen LogP contribution in [0.5, 0.6) is 0 Å². The molecular weight excluding hydrogens is 320 g/mol. The molecule has 1 aromatic heterocycles. The second-order valence-electron chi connectivity index (χ2n) is 5.28. The van der Waals surface area contributed by atoms with Crippen molar-refractivity contribution in [2.24, 2.45) is 5.73 Å². The van der Waals surface area contributed by atoms with E-state index in [1.54, 1.807) is 0 Å². The van der Waals surface area contributed by atoms with Crippen molar-refractivity contribution in [2.75, 3.05) is 19.7 Å². The summed E-state index contributed by atoms with van der Waals surface area (Å²) in [7, 11) is 0. The van der Waals surface area contributed by atoms with Gasteiger partial charge in [-0.05, 0) is 6.08 Å². The van der Waals surface area contributed by atoms with Crippen molar-refractivity contribution >= 4 is 12.0 Å². The van der Waals surface area contributed by atoms with Gasteiger partial charge in [0, 0.05) is 31.8 Å². The van der Waals surface area contributed by atoms with Crippen LogP contribution >= 0.6 is 0 Å². The number of aliphatic hydroxyl groups excluding tert-OH is 2. The second-order valence-corrected chi connectivity index (χ2v) is 5.28. The molecule has 10 heteroatoms. The normalized spacial score (nSPS) is 23.7. The molecule has 1 aliphatic rings. The van der Waals surface area contributed by atoms with Crippen LogP contribution in [0.25, 0.3) is 6.08 Å². The lowest BCUT2D eigenvalue weighted by molar-refractivity contribution is -0.116. The monoisotopic (exact) mass is 340 g/mol. The average Bonchev–Trinajstić information content (AvgIpc) is 2.92. The lowest BCUT2D eigenvalue weighted by atomic mass is 10.2. The summed E-state index contributed by atoms with van der Waals surface area (Å²) in [5.41, 5.74) is 3.97. The fraction of sp³-hybridized carbons (Fsp3) is 0.500. The summed E-state index contributed by atoms with van der Waals surface area (Å²) in [6.45, 7) is 0.206. The largest absolute Gasteiger partial charge is 0.394 e. The van der Waals surface area contributed by atoms with Crippen molar-refractivity contribution in [2.45, 2.75) is 24.9 Å². The van der Waals surface area contributed by atoms with Gasteiger partial charge in [-0.1, -0.05) is 0 Å². The molecule has 1 aromatic rings. The predicted molar refractivity (Wildman–Crippen MR) is 84.0 cm³/mol. The third-order valence-corrected chi connectivity index (χ3v) is 3.55. The van der Waals surface area contributed by atoms with Gasteiger partial charge in [0.05, 0.1) is 18.3 Å². The number of aromatic amines is 1. The molecule has 6 N–H and O–H groups in total. The lowest BCUT2D eigenvalue weighted by Gasteiger charge is -2.14. The molecular formula is C14H20N4O6. The van der Waals surface area contributed by atoms with Crippen LogP contribution in [-0.2, 0) is 9.53 Å². The zero-order valence-corrected chi connectivity index (χ0v) is 12.8. The number of ether oxygens (including phenoxy) is 1. The Hall–Kier alpha value is -2.27. The molecule has 3 unspecified atom stereocenters. The summed E-state index contributed by atoms with van der Waals surface area (Å²) < 4.78 is 6.50. The van der Waals surface area contributed by atoms with Crippen LogP contribution in [0.3, 0.4) is 0 Å². The van der Waals surface area contributed by atoms with E-state index in [4.69, 9.17) is 15.6 Å². The molecule has 1 saturated heterocycles. The minimum atomic E-state index is -0.917. The van der Waals surface area contributed by atoms with E-state index in [9.17, 15) is 19.5 Å². The number of aliphatic hydroxyl groups is 2. The van der Waals surface area contributed by atoms with Gasteiger partial charge in [-0.2, -0.15) is 0 Å².